The SMILES string of the molecule is CCCNC(=O)C(C)Nc1c([N+](=O)[O-])c(C)nn1C(C)C. The quantitative estimate of drug-likeness (QED) is 0.592. The first kappa shape index (κ1) is 16.9. The molecule has 1 amide bonds. The molecular formula is C13H23N5O3. The summed E-state index contributed by atoms with van der Waals surface area (Å²) in [4.78, 5) is 22.6. The van der Waals surface area contributed by atoms with Gasteiger partial charge in [-0.15, -0.1) is 0 Å². The first-order valence-electron chi connectivity index (χ1n) is 7.07. The van der Waals surface area contributed by atoms with Crippen LogP contribution < -0.4 is 10.6 Å². The number of carbonyl (C=O) groups excluding carboxylic acids is 1. The van der Waals surface area contributed by atoms with Gasteiger partial charge in [0.25, 0.3) is 0 Å². The lowest BCUT2D eigenvalue weighted by atomic mass is 10.3. The van der Waals surface area contributed by atoms with Gasteiger partial charge < -0.3 is 10.6 Å². The van der Waals surface area contributed by atoms with E-state index in [1.807, 2.05) is 20.8 Å². The molecule has 0 aliphatic rings. The van der Waals surface area contributed by atoms with Crippen LogP contribution in [0.1, 0.15) is 45.9 Å². The van der Waals surface area contributed by atoms with Gasteiger partial charge in [-0.05, 0) is 34.1 Å². The summed E-state index contributed by atoms with van der Waals surface area (Å²) in [7, 11) is 0. The summed E-state index contributed by atoms with van der Waals surface area (Å²) in [5.74, 6) is 0.0759. The molecule has 1 unspecified atom stereocenters. The van der Waals surface area contributed by atoms with Gasteiger partial charge in [0.15, 0.2) is 0 Å². The molecule has 1 atom stereocenters. The number of nitrogens with one attached hydrogen (secondary N) is 2. The molecule has 1 rings (SSSR count). The summed E-state index contributed by atoms with van der Waals surface area (Å²) in [6.07, 6.45) is 0.835. The molecule has 2 N–H and O–H groups in total. The zero-order valence-corrected chi connectivity index (χ0v) is 13.1. The molecule has 8 heteroatoms. The van der Waals surface area contributed by atoms with Gasteiger partial charge in [-0.25, -0.2) is 4.68 Å². The highest BCUT2D eigenvalue weighted by Crippen LogP contribution is 2.31. The van der Waals surface area contributed by atoms with Gasteiger partial charge in [-0.3, -0.25) is 14.9 Å². The highest BCUT2D eigenvalue weighted by atomic mass is 16.6. The van der Waals surface area contributed by atoms with E-state index in [9.17, 15) is 14.9 Å². The van der Waals surface area contributed by atoms with Crippen LogP contribution in [0.3, 0.4) is 0 Å². The van der Waals surface area contributed by atoms with Crippen molar-refractivity contribution in [3.63, 3.8) is 0 Å². The lowest BCUT2D eigenvalue weighted by Gasteiger charge is -2.17. The Labute approximate surface area is 124 Å². The summed E-state index contributed by atoms with van der Waals surface area (Å²) in [6, 6.07) is -0.630. The molecule has 0 bridgehead atoms. The Balaban J connectivity index is 3.05. The first-order chi connectivity index (χ1) is 9.79. The minimum Gasteiger partial charge on any atom is -0.354 e. The van der Waals surface area contributed by atoms with Crippen LogP contribution in [-0.4, -0.2) is 33.2 Å². The summed E-state index contributed by atoms with van der Waals surface area (Å²) in [5, 5.41) is 21.1. The normalized spacial score (nSPS) is 12.3. The summed E-state index contributed by atoms with van der Waals surface area (Å²) in [5.41, 5.74) is 0.246. The number of hydrogen-bond donors (Lipinski definition) is 2. The summed E-state index contributed by atoms with van der Waals surface area (Å²) in [6.45, 7) is 9.55. The molecule has 1 heterocycles. The van der Waals surface area contributed by atoms with Gasteiger partial charge in [0, 0.05) is 12.6 Å². The van der Waals surface area contributed by atoms with Gasteiger partial charge in [0.1, 0.15) is 11.7 Å². The second kappa shape index (κ2) is 7.05. The number of aryl methyl sites for hydroxylation is 1. The molecule has 0 saturated heterocycles. The third kappa shape index (κ3) is 3.93. The first-order valence-corrected chi connectivity index (χ1v) is 7.07. The molecule has 0 aromatic carbocycles. The number of nitrogens with zero attached hydrogens (tertiary/aromatic N) is 3. The Hall–Kier alpha value is -2.12. The Morgan fingerprint density at radius 1 is 1.43 bits per heavy atom. The third-order valence-electron chi connectivity index (χ3n) is 3.02. The lowest BCUT2D eigenvalue weighted by molar-refractivity contribution is -0.384. The highest BCUT2D eigenvalue weighted by molar-refractivity contribution is 5.84. The number of anilines is 1. The van der Waals surface area contributed by atoms with Crippen LogP contribution in [0.25, 0.3) is 0 Å². The largest absolute Gasteiger partial charge is 0.354 e. The topological polar surface area (TPSA) is 102 Å². The smallest absolute Gasteiger partial charge is 0.333 e. The minimum absolute atomic E-state index is 0.0502. The molecular weight excluding hydrogens is 274 g/mol. The Bertz CT molecular complexity index is 524. The molecule has 0 saturated carbocycles. The van der Waals surface area contributed by atoms with E-state index in [2.05, 4.69) is 15.7 Å². The van der Waals surface area contributed by atoms with Crippen LogP contribution in [-0.2, 0) is 4.79 Å². The Morgan fingerprint density at radius 2 is 2.05 bits per heavy atom. The Morgan fingerprint density at radius 3 is 2.52 bits per heavy atom. The fourth-order valence-corrected chi connectivity index (χ4v) is 1.94. The van der Waals surface area contributed by atoms with Crippen molar-refractivity contribution in [1.29, 1.82) is 0 Å². The fraction of sp³-hybridized carbons (Fsp3) is 0.692. The second-order valence-electron chi connectivity index (χ2n) is 5.24. The van der Waals surface area contributed by atoms with Crippen LogP contribution in [0, 0.1) is 17.0 Å². The van der Waals surface area contributed by atoms with Crippen molar-refractivity contribution in [3.8, 4) is 0 Å². The van der Waals surface area contributed by atoms with E-state index in [0.29, 0.717) is 12.2 Å². The number of rotatable bonds is 7. The molecule has 0 fully saturated rings. The van der Waals surface area contributed by atoms with E-state index in [4.69, 9.17) is 0 Å². The third-order valence-corrected chi connectivity index (χ3v) is 3.02. The van der Waals surface area contributed by atoms with Gasteiger partial charge in [-0.2, -0.15) is 5.10 Å². The zero-order chi connectivity index (χ0) is 16.2. The molecule has 118 valence electrons. The molecule has 0 spiro atoms. The number of carbonyl (C=O) groups is 1. The van der Waals surface area contributed by atoms with Gasteiger partial charge in [-0.1, -0.05) is 6.92 Å². The van der Waals surface area contributed by atoms with E-state index in [1.54, 1.807) is 13.8 Å². The molecule has 1 aromatic rings. The molecule has 1 aromatic heterocycles. The summed E-state index contributed by atoms with van der Waals surface area (Å²) < 4.78 is 1.54. The zero-order valence-electron chi connectivity index (χ0n) is 13.1. The standard InChI is InChI=1S/C13H23N5O3/c1-6-7-14-13(19)10(5)15-12-11(18(20)21)9(4)16-17(12)8(2)3/h8,10,15H,6-7H2,1-5H3,(H,14,19). The average Bonchev–Trinajstić information content (AvgIpc) is 2.72. The van der Waals surface area contributed by atoms with Gasteiger partial charge in [0.2, 0.25) is 11.7 Å². The van der Waals surface area contributed by atoms with E-state index < -0.39 is 11.0 Å². The van der Waals surface area contributed by atoms with Crippen molar-refractivity contribution in [3.05, 3.63) is 15.8 Å². The Kier molecular flexibility index (Phi) is 5.69. The molecule has 0 aliphatic carbocycles. The van der Waals surface area contributed by atoms with E-state index >= 15 is 0 Å². The van der Waals surface area contributed by atoms with Crippen molar-refractivity contribution >= 4 is 17.4 Å². The number of amides is 1. The van der Waals surface area contributed by atoms with Crippen molar-refractivity contribution in [2.45, 2.75) is 53.1 Å². The lowest BCUT2D eigenvalue weighted by Crippen LogP contribution is -2.38. The van der Waals surface area contributed by atoms with Gasteiger partial charge >= 0.3 is 5.69 Å². The maximum Gasteiger partial charge on any atom is 0.333 e. The predicted octanol–water partition coefficient (Wildman–Crippen LogP) is 2.01. The van der Waals surface area contributed by atoms with Crippen molar-refractivity contribution in [2.75, 3.05) is 11.9 Å². The fourth-order valence-electron chi connectivity index (χ4n) is 1.94. The molecule has 0 radical (unpaired) electrons. The van der Waals surface area contributed by atoms with Crippen molar-refractivity contribution in [2.24, 2.45) is 0 Å². The predicted molar refractivity (Wildman–Crippen MR) is 80.4 cm³/mol. The molecule has 0 aliphatic heterocycles. The monoisotopic (exact) mass is 297 g/mol. The second-order valence-corrected chi connectivity index (χ2v) is 5.24. The van der Waals surface area contributed by atoms with E-state index in [1.165, 1.54) is 4.68 Å². The van der Waals surface area contributed by atoms with Crippen molar-refractivity contribution in [1.82, 2.24) is 15.1 Å². The maximum absolute atomic E-state index is 11.9. The molecule has 8 nitrogen and oxygen atoms in total. The van der Waals surface area contributed by atoms with Gasteiger partial charge in [0.05, 0.1) is 4.92 Å². The number of aromatic nitrogens is 2. The van der Waals surface area contributed by atoms with Crippen molar-refractivity contribution < 1.29 is 9.72 Å². The van der Waals surface area contributed by atoms with Crippen LogP contribution in [0.15, 0.2) is 0 Å². The molecule has 21 heavy (non-hydrogen) atoms. The van der Waals surface area contributed by atoms with Crippen LogP contribution >= 0.6 is 0 Å². The maximum atomic E-state index is 11.9. The van der Waals surface area contributed by atoms with E-state index in [-0.39, 0.29) is 23.5 Å². The van der Waals surface area contributed by atoms with E-state index in [0.717, 1.165) is 6.42 Å². The number of nitro groups is 1. The van der Waals surface area contributed by atoms with Crippen LogP contribution in [0.2, 0.25) is 0 Å². The number of hydrogen-bond acceptors (Lipinski definition) is 5. The highest BCUT2D eigenvalue weighted by Gasteiger charge is 2.28. The summed E-state index contributed by atoms with van der Waals surface area (Å²) >= 11 is 0. The van der Waals surface area contributed by atoms with Crippen LogP contribution in [0.4, 0.5) is 11.5 Å². The van der Waals surface area contributed by atoms with Crippen LogP contribution in [0.5, 0.6) is 0 Å². The minimum atomic E-state index is -0.580. The average molecular weight is 297 g/mol.